The lowest BCUT2D eigenvalue weighted by atomic mass is 10.5. The van der Waals surface area contributed by atoms with E-state index in [0.717, 1.165) is 66.5 Å². The van der Waals surface area contributed by atoms with Crippen LogP contribution in [0.3, 0.4) is 0 Å². The lowest BCUT2D eigenvalue weighted by molar-refractivity contribution is 0.181. The summed E-state index contributed by atoms with van der Waals surface area (Å²) >= 11 is 0. The first kappa shape index (κ1) is 60.0. The van der Waals surface area contributed by atoms with Crippen molar-refractivity contribution < 1.29 is 54.4 Å². The van der Waals surface area contributed by atoms with Crippen molar-refractivity contribution in [2.75, 3.05) is 0 Å². The molecule has 3 aliphatic rings. The summed E-state index contributed by atoms with van der Waals surface area (Å²) in [5.41, 5.74) is 0. The quantitative estimate of drug-likeness (QED) is 0.109. The molecule has 374 valence electrons. The van der Waals surface area contributed by atoms with Crippen LogP contribution in [0.5, 0.6) is 0 Å². The summed E-state index contributed by atoms with van der Waals surface area (Å²) in [4.78, 5) is 0. The van der Waals surface area contributed by atoms with Crippen molar-refractivity contribution in [3.8, 4) is 0 Å². The molecule has 0 aliphatic carbocycles. The fraction of sp³-hybridized carbons (Fsp3) is 1.00. The van der Waals surface area contributed by atoms with Crippen LogP contribution in [0, 0.1) is 0 Å². The van der Waals surface area contributed by atoms with E-state index in [2.05, 4.69) is 139 Å². The van der Waals surface area contributed by atoms with Gasteiger partial charge in [0, 0.05) is 18.3 Å². The van der Waals surface area contributed by atoms with Crippen molar-refractivity contribution in [2.45, 2.75) is 223 Å². The Balaban J connectivity index is 1.47. The Kier molecular flexibility index (Phi) is 24.2. The predicted molar refractivity (Wildman–Crippen MR) is 298 cm³/mol. The monoisotopic (exact) mass is 1140 g/mol. The maximum absolute atomic E-state index is 7.11. The minimum Gasteiger partial charge on any atom is -0.441 e. The Bertz CT molecular complexity index is 1330. The first-order valence-electron chi connectivity index (χ1n) is 24.4. The van der Waals surface area contributed by atoms with E-state index in [4.69, 9.17) is 54.4 Å². The smallest absolute Gasteiger partial charge is 0.312 e. The van der Waals surface area contributed by atoms with Gasteiger partial charge >= 0.3 is 45.0 Å². The van der Waals surface area contributed by atoms with E-state index in [1.165, 1.54) is 0 Å². The summed E-state index contributed by atoms with van der Waals surface area (Å²) < 4.78 is 87.4. The van der Waals surface area contributed by atoms with E-state index < -0.39 is 132 Å². The lowest BCUT2D eigenvalue weighted by Gasteiger charge is -2.42. The molecule has 0 aromatic heterocycles. The highest BCUT2D eigenvalue weighted by Gasteiger charge is 2.45. The van der Waals surface area contributed by atoms with Crippen molar-refractivity contribution in [2.24, 2.45) is 0 Å². The molecular weight excluding hydrogens is 1050 g/mol. The number of rotatable bonds is 20. The predicted octanol–water partition coefficient (Wildman–Crippen LogP) is 8.13. The molecule has 3 saturated heterocycles. The van der Waals surface area contributed by atoms with E-state index in [0.29, 0.717) is 0 Å². The van der Waals surface area contributed by atoms with E-state index in [1.54, 1.807) is 0 Å². The molecule has 63 heavy (non-hydrogen) atoms. The number of hydrogen-bond donors (Lipinski definition) is 0. The zero-order valence-electron chi connectivity index (χ0n) is 43.9. The Morgan fingerprint density at radius 2 is 0.778 bits per heavy atom. The van der Waals surface area contributed by atoms with Gasteiger partial charge in [-0.05, 0) is 205 Å². The third-order valence-corrected chi connectivity index (χ3v) is 65.3. The molecule has 0 amide bonds. The summed E-state index contributed by atoms with van der Waals surface area (Å²) in [6.07, 6.45) is 0.592. The van der Waals surface area contributed by atoms with Crippen LogP contribution in [0.4, 0.5) is 0 Å². The summed E-state index contributed by atoms with van der Waals surface area (Å²) in [5.74, 6) is 0. The fourth-order valence-electron chi connectivity index (χ4n) is 9.96. The van der Waals surface area contributed by atoms with Gasteiger partial charge in [0.15, 0.2) is 59.7 Å². The van der Waals surface area contributed by atoms with Crippen molar-refractivity contribution in [3.05, 3.63) is 0 Å². The van der Waals surface area contributed by atoms with Gasteiger partial charge in [0.05, 0.1) is 0 Å². The molecule has 3 aliphatic heterocycles. The van der Waals surface area contributed by atoms with Crippen LogP contribution in [0.25, 0.3) is 0 Å². The largest absolute Gasteiger partial charge is 0.441 e. The van der Waals surface area contributed by atoms with Crippen LogP contribution >= 0.6 is 0 Å². The van der Waals surface area contributed by atoms with Crippen molar-refractivity contribution in [1.29, 1.82) is 0 Å². The standard InChI is InChI=1S/C35H96O13Si15/c1-33-30-49(4)39-51(6)41-54(36-33)22-25-57(9,10)45-61(17,18)46-59(13,14)27-24-56-38-35(3)32-63(21,44-53(8)43-56)29-28-60(15,16)48-62(19,20)47-58(11,12)26-23-55-37-34(2)31-50(5)40-52(7)42-55/h33-35,49-56H,22-32H2,1-21H3. The molecule has 0 radical (unpaired) electrons. The first-order valence-corrected chi connectivity index (χ1v) is 61.7. The fourth-order valence-corrected chi connectivity index (χ4v) is 76.3. The Hall–Kier alpha value is 2.73. The highest BCUT2D eigenvalue weighted by atomic mass is 28.5. The normalized spacial score (nSPS) is 34.3. The zero-order valence-corrected chi connectivity index (χ0v) is 60.2. The van der Waals surface area contributed by atoms with Crippen LogP contribution < -0.4 is 0 Å². The summed E-state index contributed by atoms with van der Waals surface area (Å²) in [6.45, 7) is 47.9. The molecule has 0 aromatic rings. The second kappa shape index (κ2) is 25.4. The third kappa shape index (κ3) is 24.6. The SMILES string of the molecule is CC1C[SiH](C)O[SiH](C)O[SiH](CC[Si](C)(C)O[Si](C)(C)O[Si](C)(C)CC[SiH]2OC(C)C[Si](C)(CC[Si](C)(C)O[Si](C)(C)O[Si](C)(C)CC[SiH]3OC(C)C[SiH](C)O[SiH](C)O3)O[SiH](C)O2)O1. The summed E-state index contributed by atoms with van der Waals surface area (Å²) in [5, 5.41) is 0. The molecule has 0 bridgehead atoms. The maximum atomic E-state index is 7.11. The highest BCUT2D eigenvalue weighted by molar-refractivity contribution is 6.90. The third-order valence-electron chi connectivity index (χ3n) is 11.8. The Morgan fingerprint density at radius 3 is 1.14 bits per heavy atom. The van der Waals surface area contributed by atoms with Gasteiger partial charge < -0.3 is 54.4 Å². The Morgan fingerprint density at radius 1 is 0.460 bits per heavy atom. The van der Waals surface area contributed by atoms with Gasteiger partial charge in [-0.15, -0.1) is 0 Å². The highest BCUT2D eigenvalue weighted by Crippen LogP contribution is 2.34. The van der Waals surface area contributed by atoms with E-state index in [1.807, 2.05) is 0 Å². The molecule has 3 heterocycles. The van der Waals surface area contributed by atoms with Crippen molar-refractivity contribution in [3.63, 3.8) is 0 Å². The van der Waals surface area contributed by atoms with Crippen molar-refractivity contribution >= 4 is 132 Å². The van der Waals surface area contributed by atoms with Crippen LogP contribution in [0.2, 0.25) is 184 Å². The minimum atomic E-state index is -2.39. The van der Waals surface area contributed by atoms with Crippen LogP contribution in [0.1, 0.15) is 20.8 Å². The van der Waals surface area contributed by atoms with Gasteiger partial charge in [-0.1, -0.05) is 0 Å². The molecule has 12 atom stereocenters. The summed E-state index contributed by atoms with van der Waals surface area (Å²) in [6, 6.07) is 11.2. The van der Waals surface area contributed by atoms with Gasteiger partial charge in [0.2, 0.25) is 0 Å². The first-order chi connectivity index (χ1) is 28.6. The number of hydrogen-bond acceptors (Lipinski definition) is 13. The van der Waals surface area contributed by atoms with Gasteiger partial charge in [0.25, 0.3) is 27.9 Å². The molecule has 0 aromatic carbocycles. The summed E-state index contributed by atoms with van der Waals surface area (Å²) in [7, 11) is -28.0. The molecule has 3 fully saturated rings. The van der Waals surface area contributed by atoms with Crippen molar-refractivity contribution in [1.82, 2.24) is 0 Å². The average Bonchev–Trinajstić information content (AvgIpc) is 3.03. The molecule has 13 nitrogen and oxygen atoms in total. The van der Waals surface area contributed by atoms with Gasteiger partial charge in [-0.3, -0.25) is 0 Å². The lowest BCUT2D eigenvalue weighted by Crippen LogP contribution is -2.54. The molecule has 3 rings (SSSR count). The van der Waals surface area contributed by atoms with E-state index >= 15 is 0 Å². The second-order valence-electron chi connectivity index (χ2n) is 22.7. The Labute approximate surface area is 407 Å². The van der Waals surface area contributed by atoms with Gasteiger partial charge in [-0.25, -0.2) is 0 Å². The molecule has 28 heteroatoms. The zero-order chi connectivity index (χ0) is 47.8. The molecule has 12 unspecified atom stereocenters. The maximum Gasteiger partial charge on any atom is 0.312 e. The van der Waals surface area contributed by atoms with Crippen LogP contribution in [0.15, 0.2) is 0 Å². The molecular formula is C35H96O13Si15. The van der Waals surface area contributed by atoms with Gasteiger partial charge in [-0.2, -0.15) is 0 Å². The molecule has 0 saturated carbocycles. The molecule has 0 spiro atoms. The van der Waals surface area contributed by atoms with E-state index in [9.17, 15) is 0 Å². The van der Waals surface area contributed by atoms with E-state index in [-0.39, 0.29) is 18.3 Å². The van der Waals surface area contributed by atoms with Crippen LogP contribution in [-0.4, -0.2) is 151 Å². The minimum absolute atomic E-state index is 0.123. The van der Waals surface area contributed by atoms with Crippen LogP contribution in [-0.2, 0) is 54.4 Å². The average molecular weight is 1150 g/mol. The molecule has 0 N–H and O–H groups in total. The van der Waals surface area contributed by atoms with Gasteiger partial charge in [0.1, 0.15) is 0 Å². The topological polar surface area (TPSA) is 120 Å². The second-order valence-corrected chi connectivity index (χ2v) is 70.6.